The zero-order valence-corrected chi connectivity index (χ0v) is 17.0. The highest BCUT2D eigenvalue weighted by Crippen LogP contribution is 2.33. The number of carbonyl (C=O) groups is 3. The summed E-state index contributed by atoms with van der Waals surface area (Å²) >= 11 is 0. The lowest BCUT2D eigenvalue weighted by Gasteiger charge is -2.13. The number of fused-ring (bicyclic) bond motifs is 1. The molecule has 1 aromatic heterocycles. The van der Waals surface area contributed by atoms with Crippen LogP contribution < -0.4 is 15.0 Å². The van der Waals surface area contributed by atoms with Gasteiger partial charge in [-0.2, -0.15) is 0 Å². The monoisotopic (exact) mass is 440 g/mol. The molecule has 8 heteroatoms. The Morgan fingerprint density at radius 3 is 2.36 bits per heavy atom. The Morgan fingerprint density at radius 1 is 0.848 bits per heavy atom. The van der Waals surface area contributed by atoms with Crippen molar-refractivity contribution in [3.05, 3.63) is 102 Å². The normalized spacial score (nSPS) is 12.5. The van der Waals surface area contributed by atoms with Crippen molar-refractivity contribution in [3.63, 3.8) is 0 Å². The number of phenolic OH excluding ortho intramolecular Hbond substituents is 1. The summed E-state index contributed by atoms with van der Waals surface area (Å²) in [5.74, 6) is -0.320. The quantitative estimate of drug-likeness (QED) is 0.430. The average molecular weight is 440 g/mol. The van der Waals surface area contributed by atoms with Crippen molar-refractivity contribution in [2.24, 2.45) is 0 Å². The third kappa shape index (κ3) is 3.81. The van der Waals surface area contributed by atoms with Crippen molar-refractivity contribution in [1.82, 2.24) is 0 Å². The summed E-state index contributed by atoms with van der Waals surface area (Å²) in [4.78, 5) is 38.9. The standard InChI is InChI=1S/C25H16N2O6/c28-17-8-6-16(7-9-17)27-24(30)20-11-10-19(14-21(20)25(27)31)33-18-4-1-3-15(13-18)26-23(29)22-5-2-12-32-22/h1-14,28H,(H,26,29). The van der Waals surface area contributed by atoms with E-state index in [9.17, 15) is 19.5 Å². The van der Waals surface area contributed by atoms with Gasteiger partial charge in [-0.25, -0.2) is 4.90 Å². The fraction of sp³-hybridized carbons (Fsp3) is 0. The molecule has 0 unspecified atom stereocenters. The first-order valence-corrected chi connectivity index (χ1v) is 9.94. The van der Waals surface area contributed by atoms with Crippen molar-refractivity contribution in [2.45, 2.75) is 0 Å². The van der Waals surface area contributed by atoms with Gasteiger partial charge in [-0.05, 0) is 66.7 Å². The molecule has 8 nitrogen and oxygen atoms in total. The lowest BCUT2D eigenvalue weighted by Crippen LogP contribution is -2.29. The summed E-state index contributed by atoms with van der Waals surface area (Å²) in [5.41, 5.74) is 1.34. The van der Waals surface area contributed by atoms with E-state index >= 15 is 0 Å². The third-order valence-electron chi connectivity index (χ3n) is 5.04. The van der Waals surface area contributed by atoms with Crippen LogP contribution in [0.15, 0.2) is 89.5 Å². The number of carbonyl (C=O) groups excluding carboxylic acids is 3. The van der Waals surface area contributed by atoms with Gasteiger partial charge in [0.05, 0.1) is 23.1 Å². The highest BCUT2D eigenvalue weighted by molar-refractivity contribution is 6.34. The fourth-order valence-corrected chi connectivity index (χ4v) is 3.49. The number of hydrogen-bond donors (Lipinski definition) is 2. The number of aromatic hydroxyl groups is 1. The number of anilines is 2. The fourth-order valence-electron chi connectivity index (χ4n) is 3.49. The number of nitrogens with one attached hydrogen (secondary N) is 1. The topological polar surface area (TPSA) is 109 Å². The third-order valence-corrected chi connectivity index (χ3v) is 5.04. The largest absolute Gasteiger partial charge is 0.508 e. The van der Waals surface area contributed by atoms with Gasteiger partial charge in [0.25, 0.3) is 17.7 Å². The summed E-state index contributed by atoms with van der Waals surface area (Å²) in [6.07, 6.45) is 1.41. The van der Waals surface area contributed by atoms with E-state index in [0.29, 0.717) is 22.9 Å². The molecule has 1 aliphatic rings. The Bertz CT molecular complexity index is 1380. The Hall–Kier alpha value is -4.85. The maximum atomic E-state index is 12.9. The maximum absolute atomic E-state index is 12.9. The van der Waals surface area contributed by atoms with E-state index in [1.54, 1.807) is 42.5 Å². The summed E-state index contributed by atoms with van der Waals surface area (Å²) < 4.78 is 10.9. The second-order valence-corrected chi connectivity index (χ2v) is 7.23. The van der Waals surface area contributed by atoms with Crippen LogP contribution in [0, 0.1) is 0 Å². The molecule has 4 aromatic rings. The average Bonchev–Trinajstić information content (AvgIpc) is 3.43. The van der Waals surface area contributed by atoms with Crippen LogP contribution in [0.2, 0.25) is 0 Å². The van der Waals surface area contributed by atoms with E-state index in [4.69, 9.17) is 9.15 Å². The van der Waals surface area contributed by atoms with Crippen LogP contribution in [0.25, 0.3) is 0 Å². The Kier molecular flexibility index (Phi) is 4.87. The van der Waals surface area contributed by atoms with Crippen LogP contribution in [0.1, 0.15) is 31.3 Å². The molecular formula is C25H16N2O6. The van der Waals surface area contributed by atoms with Crippen molar-refractivity contribution in [1.29, 1.82) is 0 Å². The highest BCUT2D eigenvalue weighted by atomic mass is 16.5. The molecule has 2 N–H and O–H groups in total. The molecular weight excluding hydrogens is 424 g/mol. The molecule has 2 heterocycles. The van der Waals surface area contributed by atoms with Crippen molar-refractivity contribution < 1.29 is 28.6 Å². The van der Waals surface area contributed by atoms with Crippen LogP contribution in [0.5, 0.6) is 17.2 Å². The molecule has 162 valence electrons. The number of hydrogen-bond acceptors (Lipinski definition) is 6. The maximum Gasteiger partial charge on any atom is 0.291 e. The Morgan fingerprint density at radius 2 is 1.61 bits per heavy atom. The highest BCUT2D eigenvalue weighted by Gasteiger charge is 2.37. The van der Waals surface area contributed by atoms with E-state index in [2.05, 4.69) is 5.32 Å². The first-order valence-electron chi connectivity index (χ1n) is 9.94. The minimum atomic E-state index is -0.481. The summed E-state index contributed by atoms with van der Waals surface area (Å²) in [7, 11) is 0. The number of furan rings is 1. The van der Waals surface area contributed by atoms with Crippen LogP contribution in [-0.4, -0.2) is 22.8 Å². The van der Waals surface area contributed by atoms with E-state index < -0.39 is 17.7 Å². The number of benzene rings is 3. The SMILES string of the molecule is O=C(Nc1cccc(Oc2ccc3c(c2)C(=O)N(c2ccc(O)cc2)C3=O)c1)c1ccco1. The van der Waals surface area contributed by atoms with E-state index in [1.807, 2.05) is 0 Å². The van der Waals surface area contributed by atoms with Crippen LogP contribution in [-0.2, 0) is 0 Å². The first-order chi connectivity index (χ1) is 16.0. The van der Waals surface area contributed by atoms with Crippen molar-refractivity contribution in [2.75, 3.05) is 10.2 Å². The molecule has 5 rings (SSSR count). The van der Waals surface area contributed by atoms with E-state index in [-0.39, 0.29) is 22.6 Å². The molecule has 0 aliphatic carbocycles. The summed E-state index contributed by atoms with van der Waals surface area (Å²) in [5, 5.41) is 12.2. The zero-order chi connectivity index (χ0) is 22.9. The van der Waals surface area contributed by atoms with Gasteiger partial charge in [0.2, 0.25) is 0 Å². The lowest BCUT2D eigenvalue weighted by molar-refractivity contribution is 0.0924. The molecule has 0 saturated carbocycles. The lowest BCUT2D eigenvalue weighted by atomic mass is 10.1. The molecule has 1 aliphatic heterocycles. The van der Waals surface area contributed by atoms with Gasteiger partial charge in [-0.1, -0.05) is 6.07 Å². The van der Waals surface area contributed by atoms with Gasteiger partial charge in [0.15, 0.2) is 5.76 Å². The first kappa shape index (κ1) is 20.1. The number of ether oxygens (including phenoxy) is 1. The van der Waals surface area contributed by atoms with Gasteiger partial charge >= 0.3 is 0 Å². The number of nitrogens with zero attached hydrogens (tertiary/aromatic N) is 1. The number of amides is 3. The van der Waals surface area contributed by atoms with Gasteiger partial charge < -0.3 is 19.6 Å². The molecule has 3 aromatic carbocycles. The predicted molar refractivity (Wildman–Crippen MR) is 119 cm³/mol. The smallest absolute Gasteiger partial charge is 0.291 e. The Labute approximate surface area is 187 Å². The van der Waals surface area contributed by atoms with Crippen molar-refractivity contribution >= 4 is 29.1 Å². The zero-order valence-electron chi connectivity index (χ0n) is 17.0. The molecule has 0 spiro atoms. The van der Waals surface area contributed by atoms with Crippen LogP contribution >= 0.6 is 0 Å². The van der Waals surface area contributed by atoms with Crippen LogP contribution in [0.4, 0.5) is 11.4 Å². The van der Waals surface area contributed by atoms with Gasteiger partial charge in [-0.3, -0.25) is 14.4 Å². The molecule has 33 heavy (non-hydrogen) atoms. The predicted octanol–water partition coefficient (Wildman–Crippen LogP) is 4.83. The molecule has 0 saturated heterocycles. The second kappa shape index (κ2) is 8.01. The minimum Gasteiger partial charge on any atom is -0.508 e. The van der Waals surface area contributed by atoms with E-state index in [0.717, 1.165) is 4.90 Å². The van der Waals surface area contributed by atoms with Crippen molar-refractivity contribution in [3.8, 4) is 17.2 Å². The Balaban J connectivity index is 1.36. The molecule has 0 bridgehead atoms. The van der Waals surface area contributed by atoms with Gasteiger partial charge in [-0.15, -0.1) is 0 Å². The number of imide groups is 1. The molecule has 3 amide bonds. The molecule has 0 fully saturated rings. The molecule has 0 atom stereocenters. The van der Waals surface area contributed by atoms with Gasteiger partial charge in [0.1, 0.15) is 17.2 Å². The van der Waals surface area contributed by atoms with Gasteiger partial charge in [0, 0.05) is 11.8 Å². The summed E-state index contributed by atoms with van der Waals surface area (Å²) in [6, 6.07) is 20.4. The van der Waals surface area contributed by atoms with E-state index in [1.165, 1.54) is 42.7 Å². The minimum absolute atomic E-state index is 0.0358. The summed E-state index contributed by atoms with van der Waals surface area (Å²) in [6.45, 7) is 0. The molecule has 0 radical (unpaired) electrons. The second-order valence-electron chi connectivity index (χ2n) is 7.23. The number of rotatable bonds is 5. The van der Waals surface area contributed by atoms with Crippen LogP contribution in [0.3, 0.4) is 0 Å². The number of phenols is 1.